The molecule has 0 saturated carbocycles. The molecule has 0 amide bonds. The van der Waals surface area contributed by atoms with Crippen LogP contribution in [0.2, 0.25) is 0 Å². The fraction of sp³-hybridized carbons (Fsp3) is 0.562. The summed E-state index contributed by atoms with van der Waals surface area (Å²) in [5.74, 6) is 1.76. The van der Waals surface area contributed by atoms with E-state index in [4.69, 9.17) is 4.74 Å². The van der Waals surface area contributed by atoms with Crippen molar-refractivity contribution in [2.45, 2.75) is 46.8 Å². The number of ether oxygens (including phenoxy) is 1. The Balaban J connectivity index is 0.00000400. The monoisotopic (exact) mass is 405 g/mol. The van der Waals surface area contributed by atoms with Crippen LogP contribution in [-0.2, 0) is 0 Å². The van der Waals surface area contributed by atoms with Gasteiger partial charge in [0.2, 0.25) is 0 Å². The van der Waals surface area contributed by atoms with Gasteiger partial charge in [-0.1, -0.05) is 18.2 Å². The van der Waals surface area contributed by atoms with E-state index in [1.54, 1.807) is 0 Å². The summed E-state index contributed by atoms with van der Waals surface area (Å²) in [7, 11) is 0. The van der Waals surface area contributed by atoms with Crippen molar-refractivity contribution in [1.29, 1.82) is 0 Å². The molecule has 120 valence electrons. The van der Waals surface area contributed by atoms with Crippen molar-refractivity contribution in [3.63, 3.8) is 0 Å². The molecule has 0 aliphatic rings. The molecule has 0 bridgehead atoms. The number of halogens is 1. The highest BCUT2D eigenvalue weighted by Crippen LogP contribution is 2.17. The van der Waals surface area contributed by atoms with E-state index in [1.165, 1.54) is 0 Å². The molecule has 0 aromatic heterocycles. The molecular formula is C16H28IN3O. The van der Waals surface area contributed by atoms with E-state index in [1.807, 2.05) is 25.1 Å². The van der Waals surface area contributed by atoms with Crippen LogP contribution in [0.25, 0.3) is 0 Å². The quantitative estimate of drug-likeness (QED) is 0.434. The number of nitrogens with one attached hydrogen (secondary N) is 2. The minimum absolute atomic E-state index is 0. The summed E-state index contributed by atoms with van der Waals surface area (Å²) in [5, 5.41) is 6.52. The van der Waals surface area contributed by atoms with Gasteiger partial charge in [-0.05, 0) is 46.2 Å². The highest BCUT2D eigenvalue weighted by Gasteiger charge is 2.06. The molecule has 0 saturated heterocycles. The molecule has 0 aliphatic heterocycles. The molecular weight excluding hydrogens is 377 g/mol. The SMILES string of the molecule is CCNC(=NCC(C)Oc1ccccc1C)NC(C)C.I. The molecule has 1 aromatic rings. The van der Waals surface area contributed by atoms with Crippen molar-refractivity contribution in [2.24, 2.45) is 4.99 Å². The van der Waals surface area contributed by atoms with Crippen molar-refractivity contribution >= 4 is 29.9 Å². The van der Waals surface area contributed by atoms with Gasteiger partial charge in [0.25, 0.3) is 0 Å². The fourth-order valence-corrected chi connectivity index (χ4v) is 1.76. The predicted octanol–water partition coefficient (Wildman–Crippen LogP) is 3.34. The standard InChI is InChI=1S/C16H27N3O.HI/c1-6-17-16(19-12(2)3)18-11-14(5)20-15-10-8-7-9-13(15)4;/h7-10,12,14H,6,11H2,1-5H3,(H2,17,18,19);1H. The van der Waals surface area contributed by atoms with Gasteiger partial charge >= 0.3 is 0 Å². The van der Waals surface area contributed by atoms with Crippen molar-refractivity contribution in [3.05, 3.63) is 29.8 Å². The molecule has 0 radical (unpaired) electrons. The first-order valence-electron chi connectivity index (χ1n) is 7.30. The number of aliphatic imine (C=N–C) groups is 1. The minimum atomic E-state index is 0. The van der Waals surface area contributed by atoms with Crippen molar-refractivity contribution in [2.75, 3.05) is 13.1 Å². The van der Waals surface area contributed by atoms with Crippen LogP contribution >= 0.6 is 24.0 Å². The number of para-hydroxylation sites is 1. The third kappa shape index (κ3) is 8.14. The molecule has 1 aromatic carbocycles. The van der Waals surface area contributed by atoms with Gasteiger partial charge in [0.1, 0.15) is 11.9 Å². The van der Waals surface area contributed by atoms with Crippen molar-refractivity contribution in [1.82, 2.24) is 10.6 Å². The first-order chi connectivity index (χ1) is 9.52. The number of aryl methyl sites for hydroxylation is 1. The summed E-state index contributed by atoms with van der Waals surface area (Å²) in [6, 6.07) is 8.41. The average Bonchev–Trinajstić information content (AvgIpc) is 2.38. The highest BCUT2D eigenvalue weighted by molar-refractivity contribution is 14.0. The first kappa shape index (κ1) is 20.0. The van der Waals surface area contributed by atoms with E-state index in [2.05, 4.69) is 49.4 Å². The summed E-state index contributed by atoms with van der Waals surface area (Å²) in [5.41, 5.74) is 1.15. The summed E-state index contributed by atoms with van der Waals surface area (Å²) in [6.45, 7) is 11.8. The molecule has 0 aliphatic carbocycles. The average molecular weight is 405 g/mol. The molecule has 1 atom stereocenters. The summed E-state index contributed by atoms with van der Waals surface area (Å²) >= 11 is 0. The maximum Gasteiger partial charge on any atom is 0.191 e. The minimum Gasteiger partial charge on any atom is -0.489 e. The van der Waals surface area contributed by atoms with Gasteiger partial charge in [-0.25, -0.2) is 4.99 Å². The lowest BCUT2D eigenvalue weighted by Gasteiger charge is -2.17. The van der Waals surface area contributed by atoms with E-state index < -0.39 is 0 Å². The smallest absolute Gasteiger partial charge is 0.191 e. The Hall–Kier alpha value is -0.980. The summed E-state index contributed by atoms with van der Waals surface area (Å²) < 4.78 is 5.92. The Morgan fingerprint density at radius 1 is 1.24 bits per heavy atom. The Kier molecular flexibility index (Phi) is 10.2. The van der Waals surface area contributed by atoms with Gasteiger partial charge < -0.3 is 15.4 Å². The van der Waals surface area contributed by atoms with Crippen molar-refractivity contribution < 1.29 is 4.74 Å². The van der Waals surface area contributed by atoms with E-state index in [-0.39, 0.29) is 30.1 Å². The van der Waals surface area contributed by atoms with Gasteiger partial charge in [0, 0.05) is 12.6 Å². The number of hydrogen-bond acceptors (Lipinski definition) is 2. The number of hydrogen-bond donors (Lipinski definition) is 2. The molecule has 4 nitrogen and oxygen atoms in total. The van der Waals surface area contributed by atoms with E-state index in [0.29, 0.717) is 12.6 Å². The molecule has 1 unspecified atom stereocenters. The molecule has 0 fully saturated rings. The Morgan fingerprint density at radius 2 is 1.90 bits per heavy atom. The van der Waals surface area contributed by atoms with Crippen LogP contribution in [0.15, 0.2) is 29.3 Å². The Morgan fingerprint density at radius 3 is 2.48 bits per heavy atom. The van der Waals surface area contributed by atoms with E-state index >= 15 is 0 Å². The zero-order valence-electron chi connectivity index (χ0n) is 13.6. The topological polar surface area (TPSA) is 45.7 Å². The maximum absolute atomic E-state index is 5.92. The van der Waals surface area contributed by atoms with Crippen LogP contribution < -0.4 is 15.4 Å². The van der Waals surface area contributed by atoms with E-state index in [0.717, 1.165) is 23.8 Å². The van der Waals surface area contributed by atoms with Crippen molar-refractivity contribution in [3.8, 4) is 5.75 Å². The van der Waals surface area contributed by atoms with E-state index in [9.17, 15) is 0 Å². The summed E-state index contributed by atoms with van der Waals surface area (Å²) in [6.07, 6.45) is 0.0405. The lowest BCUT2D eigenvalue weighted by molar-refractivity contribution is 0.228. The number of guanidine groups is 1. The second-order valence-electron chi connectivity index (χ2n) is 5.21. The van der Waals surface area contributed by atoms with Gasteiger partial charge in [0.05, 0.1) is 6.54 Å². The molecule has 0 spiro atoms. The Bertz CT molecular complexity index is 435. The molecule has 5 heteroatoms. The van der Waals surface area contributed by atoms with Crippen LogP contribution in [-0.4, -0.2) is 31.2 Å². The van der Waals surface area contributed by atoms with Gasteiger partial charge in [-0.15, -0.1) is 24.0 Å². The zero-order valence-corrected chi connectivity index (χ0v) is 16.0. The van der Waals surface area contributed by atoms with Gasteiger partial charge in [-0.2, -0.15) is 0 Å². The zero-order chi connectivity index (χ0) is 15.0. The number of benzene rings is 1. The second-order valence-corrected chi connectivity index (χ2v) is 5.21. The third-order valence-electron chi connectivity index (χ3n) is 2.70. The van der Waals surface area contributed by atoms with Crippen LogP contribution in [0, 0.1) is 6.92 Å². The van der Waals surface area contributed by atoms with Gasteiger partial charge in [-0.3, -0.25) is 0 Å². The summed E-state index contributed by atoms with van der Waals surface area (Å²) in [4.78, 5) is 4.55. The molecule has 0 heterocycles. The van der Waals surface area contributed by atoms with Crippen LogP contribution in [0.1, 0.15) is 33.3 Å². The Labute approximate surface area is 145 Å². The molecule has 1 rings (SSSR count). The number of rotatable bonds is 6. The lowest BCUT2D eigenvalue weighted by atomic mass is 10.2. The maximum atomic E-state index is 5.92. The largest absolute Gasteiger partial charge is 0.489 e. The molecule has 2 N–H and O–H groups in total. The second kappa shape index (κ2) is 10.7. The normalized spacial score (nSPS) is 12.6. The predicted molar refractivity (Wildman–Crippen MR) is 101 cm³/mol. The third-order valence-corrected chi connectivity index (χ3v) is 2.70. The highest BCUT2D eigenvalue weighted by atomic mass is 127. The van der Waals surface area contributed by atoms with Crippen LogP contribution in [0.4, 0.5) is 0 Å². The van der Waals surface area contributed by atoms with Crippen LogP contribution in [0.3, 0.4) is 0 Å². The van der Waals surface area contributed by atoms with Gasteiger partial charge in [0.15, 0.2) is 5.96 Å². The molecule has 21 heavy (non-hydrogen) atoms. The van der Waals surface area contributed by atoms with Crippen LogP contribution in [0.5, 0.6) is 5.75 Å². The lowest BCUT2D eigenvalue weighted by Crippen LogP contribution is -2.41. The fourth-order valence-electron chi connectivity index (χ4n) is 1.76. The first-order valence-corrected chi connectivity index (χ1v) is 7.30. The number of nitrogens with zero attached hydrogens (tertiary/aromatic N) is 1.